The Morgan fingerprint density at radius 1 is 1.27 bits per heavy atom. The van der Waals surface area contributed by atoms with E-state index in [0.29, 0.717) is 34.8 Å². The molecule has 1 aliphatic carbocycles. The molecule has 4 heterocycles. The highest BCUT2D eigenvalue weighted by atomic mass is 16.5. The predicted molar refractivity (Wildman–Crippen MR) is 109 cm³/mol. The van der Waals surface area contributed by atoms with Crippen LogP contribution in [0, 0.1) is 0 Å². The van der Waals surface area contributed by atoms with Crippen LogP contribution in [0.3, 0.4) is 0 Å². The molecule has 8 heteroatoms. The van der Waals surface area contributed by atoms with E-state index in [1.165, 1.54) is 0 Å². The van der Waals surface area contributed by atoms with Crippen LogP contribution in [0.4, 0.5) is 0 Å². The maximum Gasteiger partial charge on any atom is 0.259 e. The number of nitrogens with one attached hydrogen (secondary N) is 1. The Morgan fingerprint density at radius 2 is 2.13 bits per heavy atom. The van der Waals surface area contributed by atoms with E-state index < -0.39 is 0 Å². The maximum absolute atomic E-state index is 13.0. The maximum atomic E-state index is 13.0. The second-order valence-electron chi connectivity index (χ2n) is 7.94. The van der Waals surface area contributed by atoms with Crippen LogP contribution in [0.15, 0.2) is 35.0 Å². The van der Waals surface area contributed by atoms with Crippen molar-refractivity contribution in [3.8, 4) is 0 Å². The SMILES string of the molecule is CNC(=O)c1cc(C2CC2)nc2onc(C3CCCN3C(=O)Cc3ccccn3)c12. The molecule has 2 fully saturated rings. The lowest BCUT2D eigenvalue weighted by atomic mass is 10.0. The smallest absolute Gasteiger partial charge is 0.259 e. The molecule has 3 aromatic rings. The Kier molecular flexibility index (Phi) is 4.69. The standard InChI is InChI=1S/C22H23N5O3/c1-23-21(29)15-12-16(13-7-8-13)25-22-19(15)20(26-30-22)17-6-4-10-27(17)18(28)11-14-5-2-3-9-24-14/h2-3,5,9,12-13,17H,4,6-8,10-11H2,1H3,(H,23,29). The number of nitrogens with zero attached hydrogens (tertiary/aromatic N) is 4. The van der Waals surface area contributed by atoms with E-state index in [9.17, 15) is 9.59 Å². The molecule has 154 valence electrons. The van der Waals surface area contributed by atoms with Gasteiger partial charge in [-0.2, -0.15) is 0 Å². The van der Waals surface area contributed by atoms with Gasteiger partial charge in [-0.05, 0) is 43.9 Å². The zero-order valence-corrected chi connectivity index (χ0v) is 16.8. The molecule has 2 aliphatic rings. The number of amides is 2. The van der Waals surface area contributed by atoms with Crippen molar-refractivity contribution in [3.63, 3.8) is 0 Å². The Bertz CT molecular complexity index is 1110. The number of fused-ring (bicyclic) bond motifs is 1. The van der Waals surface area contributed by atoms with Gasteiger partial charge in [0.2, 0.25) is 5.91 Å². The van der Waals surface area contributed by atoms with E-state index in [-0.39, 0.29) is 24.3 Å². The summed E-state index contributed by atoms with van der Waals surface area (Å²) in [5, 5.41) is 7.61. The van der Waals surface area contributed by atoms with Gasteiger partial charge in [-0.15, -0.1) is 0 Å². The average Bonchev–Trinajstić information content (AvgIpc) is 3.35. The van der Waals surface area contributed by atoms with E-state index in [1.807, 2.05) is 29.2 Å². The van der Waals surface area contributed by atoms with Crippen molar-refractivity contribution in [2.75, 3.05) is 13.6 Å². The van der Waals surface area contributed by atoms with E-state index in [4.69, 9.17) is 4.52 Å². The molecular weight excluding hydrogens is 382 g/mol. The molecule has 2 amide bonds. The Morgan fingerprint density at radius 3 is 2.87 bits per heavy atom. The fourth-order valence-electron chi connectivity index (χ4n) is 4.23. The molecule has 1 aliphatic heterocycles. The second-order valence-corrected chi connectivity index (χ2v) is 7.94. The number of hydrogen-bond acceptors (Lipinski definition) is 6. The van der Waals surface area contributed by atoms with Crippen molar-refractivity contribution in [2.24, 2.45) is 0 Å². The first-order valence-electron chi connectivity index (χ1n) is 10.4. The minimum absolute atomic E-state index is 0.00333. The number of hydrogen-bond donors (Lipinski definition) is 1. The molecule has 1 atom stereocenters. The zero-order valence-electron chi connectivity index (χ0n) is 16.8. The third-order valence-electron chi connectivity index (χ3n) is 5.91. The van der Waals surface area contributed by atoms with Crippen LogP contribution in [0.25, 0.3) is 11.1 Å². The predicted octanol–water partition coefficient (Wildman–Crippen LogP) is 2.76. The molecule has 5 rings (SSSR count). The molecule has 1 N–H and O–H groups in total. The van der Waals surface area contributed by atoms with Crippen molar-refractivity contribution in [2.45, 2.75) is 44.1 Å². The summed E-state index contributed by atoms with van der Waals surface area (Å²) in [4.78, 5) is 36.4. The lowest BCUT2D eigenvalue weighted by Gasteiger charge is -2.23. The highest BCUT2D eigenvalue weighted by molar-refractivity contribution is 6.06. The fraction of sp³-hybridized carbons (Fsp3) is 0.409. The van der Waals surface area contributed by atoms with E-state index >= 15 is 0 Å². The average molecular weight is 405 g/mol. The topological polar surface area (TPSA) is 101 Å². The third-order valence-corrected chi connectivity index (χ3v) is 5.91. The largest absolute Gasteiger partial charge is 0.355 e. The van der Waals surface area contributed by atoms with Gasteiger partial charge in [-0.1, -0.05) is 11.2 Å². The van der Waals surface area contributed by atoms with Gasteiger partial charge in [-0.3, -0.25) is 14.6 Å². The monoisotopic (exact) mass is 405 g/mol. The normalized spacial score (nSPS) is 18.7. The zero-order chi connectivity index (χ0) is 20.7. The molecular formula is C22H23N5O3. The van der Waals surface area contributed by atoms with Gasteiger partial charge in [0.25, 0.3) is 11.6 Å². The van der Waals surface area contributed by atoms with Gasteiger partial charge >= 0.3 is 0 Å². The summed E-state index contributed by atoms with van der Waals surface area (Å²) in [5.74, 6) is 0.184. The van der Waals surface area contributed by atoms with Crippen molar-refractivity contribution in [3.05, 3.63) is 53.1 Å². The van der Waals surface area contributed by atoms with Gasteiger partial charge in [-0.25, -0.2) is 4.98 Å². The molecule has 0 radical (unpaired) electrons. The van der Waals surface area contributed by atoms with Crippen molar-refractivity contribution < 1.29 is 14.1 Å². The van der Waals surface area contributed by atoms with Crippen LogP contribution in [0.2, 0.25) is 0 Å². The number of rotatable bonds is 5. The second kappa shape index (κ2) is 7.51. The number of pyridine rings is 2. The molecule has 8 nitrogen and oxygen atoms in total. The third kappa shape index (κ3) is 3.32. The Hall–Kier alpha value is -3.29. The van der Waals surface area contributed by atoms with Crippen LogP contribution in [-0.4, -0.2) is 45.4 Å². The van der Waals surface area contributed by atoms with Crippen LogP contribution in [0.1, 0.15) is 65.1 Å². The van der Waals surface area contributed by atoms with Crippen molar-refractivity contribution >= 4 is 22.9 Å². The summed E-state index contributed by atoms with van der Waals surface area (Å²) < 4.78 is 5.57. The molecule has 0 spiro atoms. The number of carbonyl (C=O) groups excluding carboxylic acids is 2. The molecule has 1 saturated heterocycles. The van der Waals surface area contributed by atoms with Crippen molar-refractivity contribution in [1.82, 2.24) is 25.3 Å². The van der Waals surface area contributed by atoms with E-state index in [2.05, 4.69) is 20.4 Å². The quantitative estimate of drug-likeness (QED) is 0.700. The number of carbonyl (C=O) groups is 2. The van der Waals surface area contributed by atoms with Crippen LogP contribution in [0.5, 0.6) is 0 Å². The molecule has 0 aromatic carbocycles. The Labute approximate surface area is 173 Å². The molecule has 0 bridgehead atoms. The van der Waals surface area contributed by atoms with Crippen molar-refractivity contribution in [1.29, 1.82) is 0 Å². The Balaban J connectivity index is 1.51. The van der Waals surface area contributed by atoms with Gasteiger partial charge in [0.1, 0.15) is 5.69 Å². The highest BCUT2D eigenvalue weighted by Gasteiger charge is 2.36. The summed E-state index contributed by atoms with van der Waals surface area (Å²) >= 11 is 0. The lowest BCUT2D eigenvalue weighted by molar-refractivity contribution is -0.131. The minimum Gasteiger partial charge on any atom is -0.355 e. The first kappa shape index (κ1) is 18.7. The summed E-state index contributed by atoms with van der Waals surface area (Å²) in [5.41, 5.74) is 3.12. The van der Waals surface area contributed by atoms with Gasteiger partial charge < -0.3 is 14.7 Å². The fourth-order valence-corrected chi connectivity index (χ4v) is 4.23. The summed E-state index contributed by atoms with van der Waals surface area (Å²) in [6, 6.07) is 7.17. The number of likely N-dealkylation sites (tertiary alicyclic amines) is 1. The molecule has 3 aromatic heterocycles. The van der Waals surface area contributed by atoms with Gasteiger partial charge in [0, 0.05) is 37.1 Å². The first-order chi connectivity index (χ1) is 14.7. The summed E-state index contributed by atoms with van der Waals surface area (Å²) in [6.45, 7) is 0.646. The first-order valence-corrected chi connectivity index (χ1v) is 10.4. The summed E-state index contributed by atoms with van der Waals surface area (Å²) in [7, 11) is 1.61. The summed E-state index contributed by atoms with van der Waals surface area (Å²) in [6.07, 6.45) is 5.72. The molecule has 1 unspecified atom stereocenters. The minimum atomic E-state index is -0.237. The van der Waals surface area contributed by atoms with E-state index in [0.717, 1.165) is 37.1 Å². The van der Waals surface area contributed by atoms with Gasteiger partial charge in [0.15, 0.2) is 0 Å². The van der Waals surface area contributed by atoms with Crippen LogP contribution >= 0.6 is 0 Å². The molecule has 1 saturated carbocycles. The number of aromatic nitrogens is 3. The lowest BCUT2D eigenvalue weighted by Crippen LogP contribution is -2.32. The molecule has 30 heavy (non-hydrogen) atoms. The van der Waals surface area contributed by atoms with Crippen LogP contribution < -0.4 is 5.32 Å². The van der Waals surface area contributed by atoms with Crippen LogP contribution in [-0.2, 0) is 11.2 Å². The highest BCUT2D eigenvalue weighted by Crippen LogP contribution is 2.42. The van der Waals surface area contributed by atoms with E-state index in [1.54, 1.807) is 13.2 Å². The van der Waals surface area contributed by atoms with Gasteiger partial charge in [0.05, 0.1) is 23.4 Å².